The standard InChI is InChI=1S/C18H17N3O4/c1-3-25-18(24)15-14(19)13-12(10(2)20-15)16(22)21(17(13)23)9-11-7-5-4-6-8-11/h4-8H,3,9,19H2,1-2H3. The fourth-order valence-electron chi connectivity index (χ4n) is 2.83. The number of imide groups is 1. The van der Waals surface area contributed by atoms with Gasteiger partial charge >= 0.3 is 5.97 Å². The zero-order valence-corrected chi connectivity index (χ0v) is 13.9. The van der Waals surface area contributed by atoms with Gasteiger partial charge in [-0.05, 0) is 19.4 Å². The van der Waals surface area contributed by atoms with Crippen LogP contribution >= 0.6 is 0 Å². The first-order valence-electron chi connectivity index (χ1n) is 7.83. The SMILES string of the molecule is CCOC(=O)c1nc(C)c2c(c1N)C(=O)N(Cc1ccccc1)C2=O. The Morgan fingerprint density at radius 1 is 1.16 bits per heavy atom. The van der Waals surface area contributed by atoms with Crippen molar-refractivity contribution < 1.29 is 19.1 Å². The van der Waals surface area contributed by atoms with E-state index in [-0.39, 0.29) is 41.4 Å². The third kappa shape index (κ3) is 2.73. The molecule has 0 spiro atoms. The van der Waals surface area contributed by atoms with Crippen molar-refractivity contribution in [1.29, 1.82) is 0 Å². The van der Waals surface area contributed by atoms with E-state index < -0.39 is 17.8 Å². The number of esters is 1. The molecule has 0 atom stereocenters. The van der Waals surface area contributed by atoms with E-state index in [0.29, 0.717) is 0 Å². The van der Waals surface area contributed by atoms with Crippen LogP contribution in [0.1, 0.15) is 49.4 Å². The number of amides is 2. The second kappa shape index (κ2) is 6.35. The van der Waals surface area contributed by atoms with Crippen LogP contribution in [0.25, 0.3) is 0 Å². The molecule has 0 saturated heterocycles. The highest BCUT2D eigenvalue weighted by Gasteiger charge is 2.41. The maximum absolute atomic E-state index is 12.8. The molecule has 0 aliphatic carbocycles. The Morgan fingerprint density at radius 3 is 2.44 bits per heavy atom. The van der Waals surface area contributed by atoms with Crippen LogP contribution in [-0.4, -0.2) is 34.3 Å². The van der Waals surface area contributed by atoms with E-state index in [1.54, 1.807) is 13.8 Å². The van der Waals surface area contributed by atoms with Gasteiger partial charge in [-0.25, -0.2) is 9.78 Å². The lowest BCUT2D eigenvalue weighted by atomic mass is 10.1. The summed E-state index contributed by atoms with van der Waals surface area (Å²) in [5.74, 6) is -1.71. The Bertz CT molecular complexity index is 878. The normalized spacial score (nSPS) is 13.1. The lowest BCUT2D eigenvalue weighted by molar-refractivity contribution is 0.0519. The zero-order valence-electron chi connectivity index (χ0n) is 13.9. The number of hydrogen-bond donors (Lipinski definition) is 1. The first kappa shape index (κ1) is 16.6. The van der Waals surface area contributed by atoms with E-state index in [1.807, 2.05) is 30.3 Å². The number of pyridine rings is 1. The molecule has 3 rings (SSSR count). The topological polar surface area (TPSA) is 103 Å². The summed E-state index contributed by atoms with van der Waals surface area (Å²) in [7, 11) is 0. The van der Waals surface area contributed by atoms with Crippen molar-refractivity contribution in [3.63, 3.8) is 0 Å². The van der Waals surface area contributed by atoms with Gasteiger partial charge in [-0.1, -0.05) is 30.3 Å². The molecule has 7 nitrogen and oxygen atoms in total. The number of ether oxygens (including phenoxy) is 1. The zero-order chi connectivity index (χ0) is 18.1. The van der Waals surface area contributed by atoms with E-state index in [0.717, 1.165) is 10.5 Å². The van der Waals surface area contributed by atoms with Crippen molar-refractivity contribution in [1.82, 2.24) is 9.88 Å². The molecule has 1 aromatic heterocycles. The largest absolute Gasteiger partial charge is 0.461 e. The van der Waals surface area contributed by atoms with Crippen LogP contribution in [0.3, 0.4) is 0 Å². The van der Waals surface area contributed by atoms with Gasteiger partial charge in [0, 0.05) is 0 Å². The number of nitrogen functional groups attached to an aromatic ring is 1. The molecule has 2 N–H and O–H groups in total. The average Bonchev–Trinajstić information content (AvgIpc) is 2.85. The minimum absolute atomic E-state index is 0.0245. The van der Waals surface area contributed by atoms with Crippen LogP contribution in [0.2, 0.25) is 0 Å². The Morgan fingerprint density at radius 2 is 1.80 bits per heavy atom. The highest BCUT2D eigenvalue weighted by Crippen LogP contribution is 2.32. The predicted molar refractivity (Wildman–Crippen MR) is 90.0 cm³/mol. The number of nitrogens with two attached hydrogens (primary N) is 1. The molecular formula is C18H17N3O4. The average molecular weight is 339 g/mol. The number of rotatable bonds is 4. The Labute approximate surface area is 144 Å². The minimum Gasteiger partial charge on any atom is -0.461 e. The highest BCUT2D eigenvalue weighted by molar-refractivity contribution is 6.25. The van der Waals surface area contributed by atoms with Gasteiger partial charge in [-0.2, -0.15) is 0 Å². The van der Waals surface area contributed by atoms with Gasteiger partial charge in [0.25, 0.3) is 11.8 Å². The molecular weight excluding hydrogens is 322 g/mol. The van der Waals surface area contributed by atoms with E-state index in [9.17, 15) is 14.4 Å². The van der Waals surface area contributed by atoms with E-state index in [4.69, 9.17) is 10.5 Å². The summed E-state index contributed by atoms with van der Waals surface area (Å²) in [6.45, 7) is 3.51. The van der Waals surface area contributed by atoms with Crippen molar-refractivity contribution in [2.45, 2.75) is 20.4 Å². The predicted octanol–water partition coefficient (Wildman–Crippen LogP) is 1.95. The Hall–Kier alpha value is -3.22. The molecule has 0 saturated carbocycles. The summed E-state index contributed by atoms with van der Waals surface area (Å²) in [4.78, 5) is 42.7. The van der Waals surface area contributed by atoms with Gasteiger partial charge in [0.1, 0.15) is 0 Å². The van der Waals surface area contributed by atoms with Crippen LogP contribution in [0.5, 0.6) is 0 Å². The summed E-state index contributed by atoms with van der Waals surface area (Å²) >= 11 is 0. The molecule has 1 aliphatic heterocycles. The number of nitrogens with zero attached hydrogens (tertiary/aromatic N) is 2. The van der Waals surface area contributed by atoms with Gasteiger partial charge in [-0.15, -0.1) is 0 Å². The first-order valence-corrected chi connectivity index (χ1v) is 7.83. The fourth-order valence-corrected chi connectivity index (χ4v) is 2.83. The van der Waals surface area contributed by atoms with E-state index >= 15 is 0 Å². The molecule has 0 bridgehead atoms. The number of anilines is 1. The minimum atomic E-state index is -0.715. The van der Waals surface area contributed by atoms with Gasteiger partial charge in [0.15, 0.2) is 5.69 Å². The molecule has 2 heterocycles. The van der Waals surface area contributed by atoms with E-state index in [1.165, 1.54) is 0 Å². The number of carbonyl (C=O) groups excluding carboxylic acids is 3. The highest BCUT2D eigenvalue weighted by atomic mass is 16.5. The number of benzene rings is 1. The van der Waals surface area contributed by atoms with Crippen molar-refractivity contribution in [3.05, 3.63) is 58.4 Å². The summed E-state index contributed by atoms with van der Waals surface area (Å²) in [6, 6.07) is 9.15. The molecule has 2 amide bonds. The third-order valence-electron chi connectivity index (χ3n) is 3.99. The monoisotopic (exact) mass is 339 g/mol. The Kier molecular flexibility index (Phi) is 4.22. The molecule has 0 unspecified atom stereocenters. The molecule has 2 aromatic rings. The van der Waals surface area contributed by atoms with Crippen molar-refractivity contribution in [2.75, 3.05) is 12.3 Å². The fraction of sp³-hybridized carbons (Fsp3) is 0.222. The molecule has 128 valence electrons. The molecule has 0 radical (unpaired) electrons. The maximum Gasteiger partial charge on any atom is 0.359 e. The van der Waals surface area contributed by atoms with Gasteiger partial charge in [0.2, 0.25) is 0 Å². The third-order valence-corrected chi connectivity index (χ3v) is 3.99. The summed E-state index contributed by atoms with van der Waals surface area (Å²) in [5.41, 5.74) is 6.98. The van der Waals surface area contributed by atoms with Crippen LogP contribution < -0.4 is 5.73 Å². The molecule has 25 heavy (non-hydrogen) atoms. The number of hydrogen-bond acceptors (Lipinski definition) is 6. The van der Waals surface area contributed by atoms with Gasteiger partial charge in [0.05, 0.1) is 35.7 Å². The molecule has 1 aromatic carbocycles. The van der Waals surface area contributed by atoms with Crippen molar-refractivity contribution in [2.24, 2.45) is 0 Å². The molecule has 7 heteroatoms. The van der Waals surface area contributed by atoms with Crippen molar-refractivity contribution in [3.8, 4) is 0 Å². The quantitative estimate of drug-likeness (QED) is 0.674. The summed E-state index contributed by atoms with van der Waals surface area (Å²) in [5, 5.41) is 0. The maximum atomic E-state index is 12.8. The Balaban J connectivity index is 2.04. The van der Waals surface area contributed by atoms with Crippen LogP contribution in [-0.2, 0) is 11.3 Å². The van der Waals surface area contributed by atoms with Gasteiger partial charge < -0.3 is 10.5 Å². The number of fused-ring (bicyclic) bond motifs is 1. The second-order valence-electron chi connectivity index (χ2n) is 5.61. The molecule has 0 fully saturated rings. The van der Waals surface area contributed by atoms with Crippen LogP contribution in [0.15, 0.2) is 30.3 Å². The molecule has 1 aliphatic rings. The second-order valence-corrected chi connectivity index (χ2v) is 5.61. The number of aromatic nitrogens is 1. The van der Waals surface area contributed by atoms with Crippen LogP contribution in [0.4, 0.5) is 5.69 Å². The summed E-state index contributed by atoms with van der Waals surface area (Å²) < 4.78 is 4.92. The lowest BCUT2D eigenvalue weighted by Gasteiger charge is -2.13. The summed E-state index contributed by atoms with van der Waals surface area (Å²) in [6.07, 6.45) is 0. The van der Waals surface area contributed by atoms with Gasteiger partial charge in [-0.3, -0.25) is 14.5 Å². The first-order chi connectivity index (χ1) is 12.0. The number of aryl methyl sites for hydroxylation is 1. The lowest BCUT2D eigenvalue weighted by Crippen LogP contribution is -2.29. The smallest absolute Gasteiger partial charge is 0.359 e. The number of carbonyl (C=O) groups is 3. The van der Waals surface area contributed by atoms with Crippen LogP contribution in [0, 0.1) is 6.92 Å². The van der Waals surface area contributed by atoms with E-state index in [2.05, 4.69) is 4.98 Å². The van der Waals surface area contributed by atoms with Crippen molar-refractivity contribution >= 4 is 23.5 Å².